The van der Waals surface area contributed by atoms with E-state index in [9.17, 15) is 9.59 Å². The summed E-state index contributed by atoms with van der Waals surface area (Å²) in [6, 6.07) is 1.68. The molecule has 2 aromatic heterocycles. The van der Waals surface area contributed by atoms with Crippen LogP contribution in [-0.4, -0.2) is 76.2 Å². The summed E-state index contributed by atoms with van der Waals surface area (Å²) in [6.45, 7) is 7.25. The molecule has 2 amide bonds. The number of hydrogen-bond donors (Lipinski definition) is 2. The second-order valence-electron chi connectivity index (χ2n) is 6.33. The van der Waals surface area contributed by atoms with E-state index in [0.717, 1.165) is 37.6 Å². The van der Waals surface area contributed by atoms with Gasteiger partial charge in [-0.2, -0.15) is 0 Å². The standard InChI is InChI=1S/C16H23N7O3S/c1-3-15-19-20-16(27-15)18-14(25)10-23-6-4-22(5-7-23)9-13(24)17-12-8-11(2)26-21-12/h8H,3-7,9-10H2,1-2H3,(H,17,21,24)(H,18,20,25). The van der Waals surface area contributed by atoms with Crippen molar-refractivity contribution in [3.05, 3.63) is 16.8 Å². The zero-order valence-electron chi connectivity index (χ0n) is 15.4. The second kappa shape index (κ2) is 9.02. The molecule has 0 bridgehead atoms. The monoisotopic (exact) mass is 393 g/mol. The molecule has 0 unspecified atom stereocenters. The maximum absolute atomic E-state index is 12.1. The van der Waals surface area contributed by atoms with Gasteiger partial charge in [0.1, 0.15) is 10.8 Å². The first-order valence-corrected chi connectivity index (χ1v) is 9.63. The molecule has 0 atom stereocenters. The normalized spacial score (nSPS) is 15.6. The molecule has 27 heavy (non-hydrogen) atoms. The number of rotatable bonds is 7. The van der Waals surface area contributed by atoms with Crippen LogP contribution in [0.15, 0.2) is 10.6 Å². The van der Waals surface area contributed by atoms with Crippen molar-refractivity contribution in [3.63, 3.8) is 0 Å². The molecule has 10 nitrogen and oxygen atoms in total. The molecular weight excluding hydrogens is 370 g/mol. The third kappa shape index (κ3) is 5.81. The van der Waals surface area contributed by atoms with E-state index in [-0.39, 0.29) is 18.4 Å². The Hall–Kier alpha value is -2.37. The minimum absolute atomic E-state index is 0.0959. The van der Waals surface area contributed by atoms with E-state index in [1.807, 2.05) is 6.92 Å². The van der Waals surface area contributed by atoms with Crippen LogP contribution in [0.5, 0.6) is 0 Å². The van der Waals surface area contributed by atoms with Crippen molar-refractivity contribution in [2.24, 2.45) is 0 Å². The Morgan fingerprint density at radius 1 is 1.11 bits per heavy atom. The number of nitrogens with one attached hydrogen (secondary N) is 2. The number of nitrogens with zero attached hydrogens (tertiary/aromatic N) is 5. The first-order chi connectivity index (χ1) is 13.0. The van der Waals surface area contributed by atoms with Crippen LogP contribution in [0.3, 0.4) is 0 Å². The Labute approximate surface area is 160 Å². The van der Waals surface area contributed by atoms with E-state index < -0.39 is 0 Å². The number of anilines is 2. The molecule has 2 aromatic rings. The van der Waals surface area contributed by atoms with Crippen molar-refractivity contribution < 1.29 is 14.1 Å². The van der Waals surface area contributed by atoms with Crippen LogP contribution >= 0.6 is 11.3 Å². The van der Waals surface area contributed by atoms with Crippen LogP contribution < -0.4 is 10.6 Å². The second-order valence-corrected chi connectivity index (χ2v) is 7.39. The number of piperazine rings is 1. The fraction of sp³-hybridized carbons (Fsp3) is 0.562. The molecule has 2 N–H and O–H groups in total. The summed E-state index contributed by atoms with van der Waals surface area (Å²) >= 11 is 1.40. The highest BCUT2D eigenvalue weighted by atomic mass is 32.1. The fourth-order valence-corrected chi connectivity index (χ4v) is 3.42. The maximum atomic E-state index is 12.1. The number of amides is 2. The van der Waals surface area contributed by atoms with E-state index >= 15 is 0 Å². The van der Waals surface area contributed by atoms with Crippen molar-refractivity contribution in [1.82, 2.24) is 25.2 Å². The average molecular weight is 393 g/mol. The van der Waals surface area contributed by atoms with Gasteiger partial charge in [-0.05, 0) is 13.3 Å². The zero-order valence-corrected chi connectivity index (χ0v) is 16.2. The maximum Gasteiger partial charge on any atom is 0.240 e. The van der Waals surface area contributed by atoms with Crippen molar-refractivity contribution in [2.75, 3.05) is 49.9 Å². The Morgan fingerprint density at radius 2 is 1.74 bits per heavy atom. The van der Waals surface area contributed by atoms with E-state index in [0.29, 0.717) is 23.3 Å². The van der Waals surface area contributed by atoms with Gasteiger partial charge in [0.15, 0.2) is 5.82 Å². The third-order valence-corrected chi connectivity index (χ3v) is 5.09. The van der Waals surface area contributed by atoms with Crippen molar-refractivity contribution in [1.29, 1.82) is 0 Å². The molecule has 3 rings (SSSR count). The van der Waals surface area contributed by atoms with Crippen LogP contribution in [-0.2, 0) is 16.0 Å². The molecule has 3 heterocycles. The number of aromatic nitrogens is 3. The molecule has 0 saturated carbocycles. The number of aryl methyl sites for hydroxylation is 2. The summed E-state index contributed by atoms with van der Waals surface area (Å²) in [5.74, 6) is 0.853. The Kier molecular flexibility index (Phi) is 6.48. The van der Waals surface area contributed by atoms with Crippen LogP contribution in [0.1, 0.15) is 17.7 Å². The SMILES string of the molecule is CCc1nnc(NC(=O)CN2CCN(CC(=O)Nc3cc(C)on3)CC2)s1. The lowest BCUT2D eigenvalue weighted by Crippen LogP contribution is -2.50. The minimum Gasteiger partial charge on any atom is -0.360 e. The van der Waals surface area contributed by atoms with E-state index in [1.54, 1.807) is 13.0 Å². The van der Waals surface area contributed by atoms with Gasteiger partial charge in [0.25, 0.3) is 0 Å². The van der Waals surface area contributed by atoms with Gasteiger partial charge < -0.3 is 9.84 Å². The number of carbonyl (C=O) groups is 2. The van der Waals surface area contributed by atoms with Crippen LogP contribution in [0.2, 0.25) is 0 Å². The van der Waals surface area contributed by atoms with E-state index in [2.05, 4.69) is 35.8 Å². The van der Waals surface area contributed by atoms with Crippen molar-refractivity contribution in [2.45, 2.75) is 20.3 Å². The van der Waals surface area contributed by atoms with Gasteiger partial charge in [0.05, 0.1) is 13.1 Å². The van der Waals surface area contributed by atoms with Gasteiger partial charge in [0.2, 0.25) is 16.9 Å². The quantitative estimate of drug-likeness (QED) is 0.702. The van der Waals surface area contributed by atoms with Gasteiger partial charge in [0, 0.05) is 32.2 Å². The molecule has 1 fully saturated rings. The fourth-order valence-electron chi connectivity index (χ4n) is 2.73. The molecule has 0 aliphatic carbocycles. The lowest BCUT2D eigenvalue weighted by molar-refractivity contribution is -0.120. The van der Waals surface area contributed by atoms with Gasteiger partial charge >= 0.3 is 0 Å². The van der Waals surface area contributed by atoms with Gasteiger partial charge in [-0.1, -0.05) is 23.4 Å². The molecule has 11 heteroatoms. The van der Waals surface area contributed by atoms with Crippen LogP contribution in [0.25, 0.3) is 0 Å². The Morgan fingerprint density at radius 3 is 2.26 bits per heavy atom. The predicted octanol–water partition coefficient (Wildman–Crippen LogP) is 0.592. The largest absolute Gasteiger partial charge is 0.360 e. The average Bonchev–Trinajstić information content (AvgIpc) is 3.25. The highest BCUT2D eigenvalue weighted by Gasteiger charge is 2.21. The van der Waals surface area contributed by atoms with Crippen LogP contribution in [0, 0.1) is 6.92 Å². The Bertz CT molecular complexity index is 783. The number of carbonyl (C=O) groups excluding carboxylic acids is 2. The smallest absolute Gasteiger partial charge is 0.240 e. The van der Waals surface area contributed by atoms with E-state index in [1.165, 1.54) is 11.3 Å². The third-order valence-electron chi connectivity index (χ3n) is 4.11. The van der Waals surface area contributed by atoms with Gasteiger partial charge in [-0.15, -0.1) is 10.2 Å². The Balaban J connectivity index is 1.36. The molecule has 0 spiro atoms. The molecule has 0 radical (unpaired) electrons. The minimum atomic E-state index is -0.127. The van der Waals surface area contributed by atoms with Crippen molar-refractivity contribution in [3.8, 4) is 0 Å². The molecule has 146 valence electrons. The van der Waals surface area contributed by atoms with E-state index in [4.69, 9.17) is 4.52 Å². The molecule has 0 aromatic carbocycles. The highest BCUT2D eigenvalue weighted by Crippen LogP contribution is 2.15. The molecular formula is C16H23N7O3S. The van der Waals surface area contributed by atoms with Gasteiger partial charge in [-0.3, -0.25) is 24.7 Å². The highest BCUT2D eigenvalue weighted by molar-refractivity contribution is 7.15. The molecule has 1 aliphatic rings. The first-order valence-electron chi connectivity index (χ1n) is 8.82. The molecule has 1 saturated heterocycles. The summed E-state index contributed by atoms with van der Waals surface area (Å²) < 4.78 is 4.93. The predicted molar refractivity (Wildman–Crippen MR) is 101 cm³/mol. The lowest BCUT2D eigenvalue weighted by Gasteiger charge is -2.33. The summed E-state index contributed by atoms with van der Waals surface area (Å²) in [4.78, 5) is 28.3. The summed E-state index contributed by atoms with van der Waals surface area (Å²) in [5, 5.41) is 18.6. The topological polar surface area (TPSA) is 116 Å². The summed E-state index contributed by atoms with van der Waals surface area (Å²) in [6.07, 6.45) is 0.805. The van der Waals surface area contributed by atoms with Gasteiger partial charge in [-0.25, -0.2) is 0 Å². The first kappa shape index (κ1) is 19.4. The zero-order chi connectivity index (χ0) is 19.2. The number of hydrogen-bond acceptors (Lipinski definition) is 9. The lowest BCUT2D eigenvalue weighted by atomic mass is 10.3. The summed E-state index contributed by atoms with van der Waals surface area (Å²) in [7, 11) is 0. The molecule has 1 aliphatic heterocycles. The summed E-state index contributed by atoms with van der Waals surface area (Å²) in [5.41, 5.74) is 0. The van der Waals surface area contributed by atoms with Crippen LogP contribution in [0.4, 0.5) is 10.9 Å². The van der Waals surface area contributed by atoms with Crippen molar-refractivity contribution >= 4 is 34.1 Å².